The summed E-state index contributed by atoms with van der Waals surface area (Å²) in [7, 11) is -1.84. The lowest BCUT2D eigenvalue weighted by Crippen LogP contribution is -2.48. The minimum absolute atomic E-state index is 0.115. The lowest BCUT2D eigenvalue weighted by Gasteiger charge is -2.34. The van der Waals surface area contributed by atoms with Crippen molar-refractivity contribution in [3.63, 3.8) is 0 Å². The van der Waals surface area contributed by atoms with E-state index < -0.39 is 10.0 Å². The van der Waals surface area contributed by atoms with Crippen LogP contribution in [-0.2, 0) is 28.4 Å². The number of aromatic nitrogens is 1. The summed E-state index contributed by atoms with van der Waals surface area (Å²) in [4.78, 5) is 15.5. The van der Waals surface area contributed by atoms with E-state index in [1.54, 1.807) is 12.1 Å². The molecular weight excluding hydrogens is 434 g/mol. The highest BCUT2D eigenvalue weighted by molar-refractivity contribution is 7.89. The number of halogens is 1. The van der Waals surface area contributed by atoms with E-state index in [1.165, 1.54) is 16.4 Å². The highest BCUT2D eigenvalue weighted by Gasteiger charge is 2.38. The molecule has 8 heteroatoms. The van der Waals surface area contributed by atoms with Gasteiger partial charge in [0.2, 0.25) is 15.9 Å². The van der Waals surface area contributed by atoms with Crippen LogP contribution in [0.15, 0.2) is 47.5 Å². The molecule has 0 aliphatic heterocycles. The van der Waals surface area contributed by atoms with Gasteiger partial charge in [-0.1, -0.05) is 30.9 Å². The first kappa shape index (κ1) is 22.4. The summed E-state index contributed by atoms with van der Waals surface area (Å²) in [5.41, 5.74) is 1.05. The maximum absolute atomic E-state index is 13.6. The first-order chi connectivity index (χ1) is 14.9. The van der Waals surface area contributed by atoms with E-state index in [9.17, 15) is 13.2 Å². The zero-order chi connectivity index (χ0) is 22.0. The van der Waals surface area contributed by atoms with E-state index in [-0.39, 0.29) is 29.4 Å². The topological polar surface area (TPSA) is 62.6 Å². The number of rotatable bonds is 8. The van der Waals surface area contributed by atoms with Crippen molar-refractivity contribution in [1.82, 2.24) is 13.8 Å². The van der Waals surface area contributed by atoms with Crippen LogP contribution in [-0.4, -0.2) is 46.7 Å². The van der Waals surface area contributed by atoms with Gasteiger partial charge in [0.25, 0.3) is 0 Å². The summed E-state index contributed by atoms with van der Waals surface area (Å²) in [5, 5.41) is 0.488. The number of carbonyl (C=O) groups excluding carboxylic acids is 1. The number of sulfonamides is 1. The van der Waals surface area contributed by atoms with Gasteiger partial charge in [0, 0.05) is 36.0 Å². The summed E-state index contributed by atoms with van der Waals surface area (Å²) < 4.78 is 30.6. The largest absolute Gasteiger partial charge is 0.353 e. The van der Waals surface area contributed by atoms with Crippen LogP contribution >= 0.6 is 11.6 Å². The molecule has 0 N–H and O–H groups in total. The van der Waals surface area contributed by atoms with Crippen LogP contribution in [0.1, 0.15) is 50.6 Å². The predicted octanol–water partition coefficient (Wildman–Crippen LogP) is 4.19. The predicted molar refractivity (Wildman–Crippen MR) is 121 cm³/mol. The SMILES string of the molecule is Cn1cccc1CN(C(=O)CN(C1CCCCC1)S(=O)(=O)c1ccc(Cl)cc1)C1CC1. The van der Waals surface area contributed by atoms with Crippen LogP contribution in [0.25, 0.3) is 0 Å². The number of nitrogens with zero attached hydrogens (tertiary/aromatic N) is 3. The summed E-state index contributed by atoms with van der Waals surface area (Å²) in [6.45, 7) is 0.392. The molecule has 0 spiro atoms. The molecule has 31 heavy (non-hydrogen) atoms. The Balaban J connectivity index is 1.59. The number of amides is 1. The first-order valence-corrected chi connectivity index (χ1v) is 12.8. The second-order valence-corrected chi connectivity index (χ2v) is 11.0. The molecule has 1 heterocycles. The van der Waals surface area contributed by atoms with Crippen LogP contribution in [0.5, 0.6) is 0 Å². The monoisotopic (exact) mass is 463 g/mol. The third-order valence-corrected chi connectivity index (χ3v) is 8.55. The van der Waals surface area contributed by atoms with E-state index in [4.69, 9.17) is 11.6 Å². The number of carbonyl (C=O) groups is 1. The Bertz CT molecular complexity index is 1010. The number of benzene rings is 1. The van der Waals surface area contributed by atoms with Crippen molar-refractivity contribution in [3.8, 4) is 0 Å². The van der Waals surface area contributed by atoms with Gasteiger partial charge < -0.3 is 9.47 Å². The standard InChI is InChI=1S/C23H30ClN3O3S/c1-25-15-5-8-21(25)16-26(19-11-12-19)23(28)17-27(20-6-3-2-4-7-20)31(29,30)22-13-9-18(24)10-14-22/h5,8-10,13-15,19-20H,2-4,6-7,11-12,16-17H2,1H3. The fraction of sp³-hybridized carbons (Fsp3) is 0.522. The Morgan fingerprint density at radius 2 is 1.71 bits per heavy atom. The van der Waals surface area contributed by atoms with Crippen LogP contribution in [0.4, 0.5) is 0 Å². The Morgan fingerprint density at radius 3 is 2.29 bits per heavy atom. The fourth-order valence-electron chi connectivity index (χ4n) is 4.39. The van der Waals surface area contributed by atoms with Gasteiger partial charge in [0.1, 0.15) is 0 Å². The lowest BCUT2D eigenvalue weighted by atomic mass is 9.95. The van der Waals surface area contributed by atoms with E-state index in [0.29, 0.717) is 11.6 Å². The molecular formula is C23H30ClN3O3S. The van der Waals surface area contributed by atoms with Crippen molar-refractivity contribution in [1.29, 1.82) is 0 Å². The molecule has 4 rings (SSSR count). The van der Waals surface area contributed by atoms with Crippen LogP contribution in [0, 0.1) is 0 Å². The van der Waals surface area contributed by atoms with Crippen molar-refractivity contribution in [3.05, 3.63) is 53.3 Å². The smallest absolute Gasteiger partial charge is 0.243 e. The Labute approximate surface area is 189 Å². The maximum Gasteiger partial charge on any atom is 0.243 e. The Kier molecular flexibility index (Phi) is 6.74. The highest BCUT2D eigenvalue weighted by Crippen LogP contribution is 2.31. The lowest BCUT2D eigenvalue weighted by molar-refractivity contribution is -0.133. The van der Waals surface area contributed by atoms with E-state index in [2.05, 4.69) is 0 Å². The van der Waals surface area contributed by atoms with Gasteiger partial charge in [-0.05, 0) is 62.1 Å². The number of hydrogen-bond donors (Lipinski definition) is 0. The van der Waals surface area contributed by atoms with Crippen molar-refractivity contribution in [2.24, 2.45) is 7.05 Å². The molecule has 6 nitrogen and oxygen atoms in total. The molecule has 1 aromatic heterocycles. The average molecular weight is 464 g/mol. The van der Waals surface area contributed by atoms with Gasteiger partial charge in [-0.2, -0.15) is 4.31 Å². The zero-order valence-electron chi connectivity index (χ0n) is 17.9. The molecule has 0 atom stereocenters. The molecule has 0 bridgehead atoms. The normalized spacial score (nSPS) is 17.8. The first-order valence-electron chi connectivity index (χ1n) is 11.0. The Hall–Kier alpha value is -1.83. The van der Waals surface area contributed by atoms with Crippen molar-refractivity contribution in [2.75, 3.05) is 6.54 Å². The van der Waals surface area contributed by atoms with Gasteiger partial charge in [0.15, 0.2) is 0 Å². The molecule has 2 aliphatic carbocycles. The van der Waals surface area contributed by atoms with Gasteiger partial charge in [0.05, 0.1) is 18.0 Å². The van der Waals surface area contributed by atoms with Crippen molar-refractivity contribution < 1.29 is 13.2 Å². The van der Waals surface area contributed by atoms with Crippen LogP contribution < -0.4 is 0 Å². The van der Waals surface area contributed by atoms with E-state index >= 15 is 0 Å². The van der Waals surface area contributed by atoms with Gasteiger partial charge in [-0.3, -0.25) is 4.79 Å². The molecule has 0 saturated heterocycles. The van der Waals surface area contributed by atoms with Gasteiger partial charge in [-0.15, -0.1) is 0 Å². The molecule has 2 aromatic rings. The maximum atomic E-state index is 13.6. The average Bonchev–Trinajstić information content (AvgIpc) is 3.52. The molecule has 0 radical (unpaired) electrons. The molecule has 1 aromatic carbocycles. The van der Waals surface area contributed by atoms with Crippen molar-refractivity contribution >= 4 is 27.5 Å². The fourth-order valence-corrected chi connectivity index (χ4v) is 6.15. The minimum atomic E-state index is -3.80. The Morgan fingerprint density at radius 1 is 1.03 bits per heavy atom. The van der Waals surface area contributed by atoms with Crippen LogP contribution in [0.2, 0.25) is 5.02 Å². The molecule has 2 fully saturated rings. The third kappa shape index (κ3) is 5.16. The number of aryl methyl sites for hydroxylation is 1. The second-order valence-electron chi connectivity index (χ2n) is 8.66. The third-order valence-electron chi connectivity index (χ3n) is 6.38. The highest BCUT2D eigenvalue weighted by atomic mass is 35.5. The van der Waals surface area contributed by atoms with E-state index in [0.717, 1.165) is 50.6 Å². The summed E-state index contributed by atoms with van der Waals surface area (Å²) >= 11 is 5.97. The molecule has 2 aliphatic rings. The van der Waals surface area contributed by atoms with Gasteiger partial charge >= 0.3 is 0 Å². The zero-order valence-corrected chi connectivity index (χ0v) is 19.5. The molecule has 0 unspecified atom stereocenters. The second kappa shape index (κ2) is 9.35. The summed E-state index contributed by atoms with van der Waals surface area (Å²) in [6, 6.07) is 10.3. The van der Waals surface area contributed by atoms with E-state index in [1.807, 2.05) is 34.8 Å². The molecule has 168 valence electrons. The molecule has 2 saturated carbocycles. The summed E-state index contributed by atoms with van der Waals surface area (Å²) in [6.07, 6.45) is 8.59. The number of hydrogen-bond acceptors (Lipinski definition) is 3. The molecule has 1 amide bonds. The van der Waals surface area contributed by atoms with Crippen molar-refractivity contribution in [2.45, 2.75) is 68.5 Å². The van der Waals surface area contributed by atoms with Gasteiger partial charge in [-0.25, -0.2) is 8.42 Å². The minimum Gasteiger partial charge on any atom is -0.353 e. The quantitative estimate of drug-likeness (QED) is 0.589. The summed E-state index contributed by atoms with van der Waals surface area (Å²) in [5.74, 6) is -0.119. The van der Waals surface area contributed by atoms with Crippen LogP contribution in [0.3, 0.4) is 0 Å².